The molecule has 0 spiro atoms. The van der Waals surface area contributed by atoms with Crippen molar-refractivity contribution in [1.82, 2.24) is 0 Å². The number of alkyl halides is 3. The summed E-state index contributed by atoms with van der Waals surface area (Å²) in [7, 11) is 0. The van der Waals surface area contributed by atoms with E-state index >= 15 is 0 Å². The lowest BCUT2D eigenvalue weighted by atomic mass is 9.97. The van der Waals surface area contributed by atoms with Crippen LogP contribution in [0.2, 0.25) is 10.0 Å². The molecule has 0 aliphatic heterocycles. The van der Waals surface area contributed by atoms with Gasteiger partial charge in [-0.2, -0.15) is 13.2 Å². The van der Waals surface area contributed by atoms with E-state index in [9.17, 15) is 17.6 Å². The van der Waals surface area contributed by atoms with Gasteiger partial charge in [-0.15, -0.1) is 0 Å². The van der Waals surface area contributed by atoms with Gasteiger partial charge in [-0.25, -0.2) is 4.39 Å². The smallest absolute Gasteiger partial charge is 0.320 e. The SMILES string of the molecule is NC(c1cc(C(F)(F)F)ccc1F)c1ccc(Cl)cc1Cl. The summed E-state index contributed by atoms with van der Waals surface area (Å²) in [5.74, 6) is -0.832. The number of hydrogen-bond acceptors (Lipinski definition) is 1. The van der Waals surface area contributed by atoms with Gasteiger partial charge in [-0.3, -0.25) is 0 Å². The normalized spacial score (nSPS) is 13.3. The first-order valence-electron chi connectivity index (χ1n) is 5.77. The molecule has 112 valence electrons. The van der Waals surface area contributed by atoms with Gasteiger partial charge in [0.05, 0.1) is 11.6 Å². The molecule has 0 bridgehead atoms. The van der Waals surface area contributed by atoms with E-state index in [0.717, 1.165) is 6.07 Å². The Labute approximate surface area is 128 Å². The molecular formula is C14H9Cl2F4N. The molecule has 2 aromatic rings. The third kappa shape index (κ3) is 3.48. The van der Waals surface area contributed by atoms with E-state index in [-0.39, 0.29) is 10.6 Å². The Morgan fingerprint density at radius 1 is 0.952 bits per heavy atom. The molecule has 7 heteroatoms. The van der Waals surface area contributed by atoms with Crippen molar-refractivity contribution in [1.29, 1.82) is 0 Å². The van der Waals surface area contributed by atoms with Crippen molar-refractivity contribution in [2.75, 3.05) is 0 Å². The molecule has 0 saturated carbocycles. The van der Waals surface area contributed by atoms with Crippen LogP contribution in [0, 0.1) is 5.82 Å². The zero-order valence-electron chi connectivity index (χ0n) is 10.4. The molecule has 2 N–H and O–H groups in total. The lowest BCUT2D eigenvalue weighted by Gasteiger charge is -2.17. The highest BCUT2D eigenvalue weighted by Crippen LogP contribution is 2.34. The van der Waals surface area contributed by atoms with Crippen molar-refractivity contribution in [3.05, 3.63) is 69.0 Å². The second-order valence-corrected chi connectivity index (χ2v) is 5.22. The first-order chi connectivity index (χ1) is 9.70. The standard InChI is InChI=1S/C14H9Cl2F4N/c15-8-2-3-9(11(16)6-8)13(21)10-5-7(14(18,19)20)1-4-12(10)17/h1-6,13H,21H2. The van der Waals surface area contributed by atoms with Gasteiger partial charge < -0.3 is 5.73 Å². The number of halogens is 6. The highest BCUT2D eigenvalue weighted by molar-refractivity contribution is 6.35. The molecule has 0 amide bonds. The third-order valence-corrected chi connectivity index (χ3v) is 3.52. The van der Waals surface area contributed by atoms with Crippen LogP contribution in [0.5, 0.6) is 0 Å². The first kappa shape index (κ1) is 16.1. The Balaban J connectivity index is 2.50. The van der Waals surface area contributed by atoms with E-state index in [4.69, 9.17) is 28.9 Å². The highest BCUT2D eigenvalue weighted by Gasteiger charge is 2.32. The predicted octanol–water partition coefficient (Wildman–Crippen LogP) is 5.20. The number of rotatable bonds is 2. The summed E-state index contributed by atoms with van der Waals surface area (Å²) in [6.07, 6.45) is -4.58. The fourth-order valence-electron chi connectivity index (χ4n) is 1.88. The van der Waals surface area contributed by atoms with Crippen LogP contribution < -0.4 is 5.73 Å². The molecule has 2 aromatic carbocycles. The van der Waals surface area contributed by atoms with Crippen LogP contribution in [-0.4, -0.2) is 0 Å². The maximum atomic E-state index is 13.8. The Morgan fingerprint density at radius 3 is 2.19 bits per heavy atom. The second-order valence-electron chi connectivity index (χ2n) is 4.38. The maximum Gasteiger partial charge on any atom is 0.416 e. The molecule has 1 unspecified atom stereocenters. The van der Waals surface area contributed by atoms with Crippen LogP contribution in [0.4, 0.5) is 17.6 Å². The lowest BCUT2D eigenvalue weighted by molar-refractivity contribution is -0.137. The Bertz CT molecular complexity index is 671. The summed E-state index contributed by atoms with van der Waals surface area (Å²) in [5.41, 5.74) is 4.88. The van der Waals surface area contributed by atoms with Gasteiger partial charge in [0.1, 0.15) is 5.82 Å². The quantitative estimate of drug-likeness (QED) is 0.749. The van der Waals surface area contributed by atoms with Crippen molar-refractivity contribution in [2.45, 2.75) is 12.2 Å². The van der Waals surface area contributed by atoms with Crippen LogP contribution in [0.25, 0.3) is 0 Å². The van der Waals surface area contributed by atoms with Crippen LogP contribution in [0.1, 0.15) is 22.7 Å². The minimum absolute atomic E-state index is 0.159. The molecular weight excluding hydrogens is 329 g/mol. The van der Waals surface area contributed by atoms with Crippen molar-refractivity contribution in [3.8, 4) is 0 Å². The van der Waals surface area contributed by atoms with Gasteiger partial charge >= 0.3 is 6.18 Å². The molecule has 0 fully saturated rings. The predicted molar refractivity (Wildman–Crippen MR) is 73.9 cm³/mol. The molecule has 0 saturated heterocycles. The van der Waals surface area contributed by atoms with Gasteiger partial charge in [0.15, 0.2) is 0 Å². The van der Waals surface area contributed by atoms with Gasteiger partial charge in [0.25, 0.3) is 0 Å². The fraction of sp³-hybridized carbons (Fsp3) is 0.143. The summed E-state index contributed by atoms with van der Waals surface area (Å²) >= 11 is 11.7. The molecule has 2 rings (SSSR count). The Kier molecular flexibility index (Phi) is 4.46. The van der Waals surface area contributed by atoms with Crippen molar-refractivity contribution < 1.29 is 17.6 Å². The minimum atomic E-state index is -4.58. The summed E-state index contributed by atoms with van der Waals surface area (Å²) in [5, 5.41) is 0.507. The fourth-order valence-corrected chi connectivity index (χ4v) is 2.41. The summed E-state index contributed by atoms with van der Waals surface area (Å²) < 4.78 is 51.9. The minimum Gasteiger partial charge on any atom is -0.320 e. The zero-order valence-corrected chi connectivity index (χ0v) is 11.9. The number of benzene rings is 2. The molecule has 0 heterocycles. The highest BCUT2D eigenvalue weighted by atomic mass is 35.5. The number of nitrogens with two attached hydrogens (primary N) is 1. The molecule has 0 aliphatic rings. The largest absolute Gasteiger partial charge is 0.416 e. The molecule has 0 radical (unpaired) electrons. The maximum absolute atomic E-state index is 13.8. The summed E-state index contributed by atoms with van der Waals surface area (Å²) in [6.45, 7) is 0. The van der Waals surface area contributed by atoms with E-state index in [0.29, 0.717) is 22.7 Å². The topological polar surface area (TPSA) is 26.0 Å². The molecule has 1 atom stereocenters. The van der Waals surface area contributed by atoms with E-state index in [2.05, 4.69) is 0 Å². The lowest BCUT2D eigenvalue weighted by Crippen LogP contribution is -2.16. The molecule has 21 heavy (non-hydrogen) atoms. The van der Waals surface area contributed by atoms with E-state index in [1.807, 2.05) is 0 Å². The van der Waals surface area contributed by atoms with Crippen molar-refractivity contribution in [2.24, 2.45) is 5.73 Å². The van der Waals surface area contributed by atoms with Crippen molar-refractivity contribution >= 4 is 23.2 Å². The van der Waals surface area contributed by atoms with E-state index in [1.54, 1.807) is 0 Å². The summed E-state index contributed by atoms with van der Waals surface area (Å²) in [4.78, 5) is 0. The van der Waals surface area contributed by atoms with Crippen LogP contribution in [0.3, 0.4) is 0 Å². The van der Waals surface area contributed by atoms with Gasteiger partial charge in [-0.1, -0.05) is 29.3 Å². The Morgan fingerprint density at radius 2 is 1.62 bits per heavy atom. The zero-order chi connectivity index (χ0) is 15.8. The third-order valence-electron chi connectivity index (χ3n) is 2.96. The van der Waals surface area contributed by atoms with E-state index in [1.165, 1.54) is 18.2 Å². The molecule has 0 aliphatic carbocycles. The first-order valence-corrected chi connectivity index (χ1v) is 6.53. The van der Waals surface area contributed by atoms with Gasteiger partial charge in [0.2, 0.25) is 0 Å². The Hall–Kier alpha value is -1.30. The average molecular weight is 338 g/mol. The van der Waals surface area contributed by atoms with Crippen LogP contribution in [0.15, 0.2) is 36.4 Å². The average Bonchev–Trinajstić information content (AvgIpc) is 2.37. The van der Waals surface area contributed by atoms with Crippen LogP contribution in [-0.2, 0) is 6.18 Å². The molecule has 1 nitrogen and oxygen atoms in total. The van der Waals surface area contributed by atoms with E-state index < -0.39 is 23.6 Å². The number of hydrogen-bond donors (Lipinski definition) is 1. The molecule has 0 aromatic heterocycles. The van der Waals surface area contributed by atoms with Crippen LogP contribution >= 0.6 is 23.2 Å². The van der Waals surface area contributed by atoms with Gasteiger partial charge in [0, 0.05) is 15.6 Å². The monoisotopic (exact) mass is 337 g/mol. The summed E-state index contributed by atoms with van der Waals surface area (Å²) in [6, 6.07) is 5.28. The van der Waals surface area contributed by atoms with Crippen molar-refractivity contribution in [3.63, 3.8) is 0 Å². The second kappa shape index (κ2) is 5.83. The van der Waals surface area contributed by atoms with Gasteiger partial charge in [-0.05, 0) is 35.9 Å².